The number of anilines is 1. The fourth-order valence-electron chi connectivity index (χ4n) is 4.08. The normalized spacial score (nSPS) is 20.2. The van der Waals surface area contributed by atoms with Crippen molar-refractivity contribution in [2.24, 2.45) is 0 Å². The Labute approximate surface area is 175 Å². The molecule has 158 valence electrons. The van der Waals surface area contributed by atoms with Crippen LogP contribution in [0.5, 0.6) is 11.5 Å². The van der Waals surface area contributed by atoms with Gasteiger partial charge >= 0.3 is 5.97 Å². The standard InChI is InChI=1S/C22H26N4O4/c1-2-26(20-5-3-4-9-24-20)21(27)19-12-15(8-10-23-19)30-14-6-7-18-16(11-14)17(13-25-18)22(28)29/h6-8,10-12,17,20,24-25H,2-5,9,13H2,1H3,(H,28,29). The lowest BCUT2D eigenvalue weighted by molar-refractivity contribution is -0.138. The number of nitrogens with one attached hydrogen (secondary N) is 2. The van der Waals surface area contributed by atoms with Crippen LogP contribution in [0.1, 0.15) is 48.2 Å². The van der Waals surface area contributed by atoms with Gasteiger partial charge in [-0.3, -0.25) is 19.9 Å². The van der Waals surface area contributed by atoms with Gasteiger partial charge in [0.25, 0.3) is 5.91 Å². The first-order chi connectivity index (χ1) is 14.6. The number of benzene rings is 1. The molecule has 30 heavy (non-hydrogen) atoms. The molecule has 0 aliphatic carbocycles. The van der Waals surface area contributed by atoms with Crippen LogP contribution in [0.4, 0.5) is 5.69 Å². The quantitative estimate of drug-likeness (QED) is 0.672. The van der Waals surface area contributed by atoms with Gasteiger partial charge in [0.1, 0.15) is 23.1 Å². The van der Waals surface area contributed by atoms with E-state index in [1.807, 2.05) is 17.9 Å². The first kappa shape index (κ1) is 20.2. The van der Waals surface area contributed by atoms with Gasteiger partial charge in [0.15, 0.2) is 0 Å². The molecule has 4 rings (SSSR count). The van der Waals surface area contributed by atoms with E-state index in [-0.39, 0.29) is 12.1 Å². The number of hydrogen-bond acceptors (Lipinski definition) is 6. The number of pyridine rings is 1. The van der Waals surface area contributed by atoms with Crippen LogP contribution in [0.3, 0.4) is 0 Å². The number of carboxylic acid groups (broad SMARTS) is 1. The van der Waals surface area contributed by atoms with Crippen molar-refractivity contribution in [1.82, 2.24) is 15.2 Å². The van der Waals surface area contributed by atoms with Crippen molar-refractivity contribution in [2.75, 3.05) is 25.0 Å². The Morgan fingerprint density at radius 3 is 2.80 bits per heavy atom. The molecule has 1 aromatic heterocycles. The molecule has 3 heterocycles. The van der Waals surface area contributed by atoms with E-state index in [1.165, 1.54) is 0 Å². The Hall–Kier alpha value is -3.13. The summed E-state index contributed by atoms with van der Waals surface area (Å²) in [5, 5.41) is 15.9. The zero-order valence-corrected chi connectivity index (χ0v) is 16.9. The molecule has 8 nitrogen and oxygen atoms in total. The van der Waals surface area contributed by atoms with Crippen LogP contribution in [0.2, 0.25) is 0 Å². The van der Waals surface area contributed by atoms with E-state index in [1.54, 1.807) is 30.5 Å². The van der Waals surface area contributed by atoms with Crippen LogP contribution in [0, 0.1) is 0 Å². The molecule has 2 aliphatic heterocycles. The number of amides is 1. The minimum atomic E-state index is -0.869. The summed E-state index contributed by atoms with van der Waals surface area (Å²) in [5.41, 5.74) is 1.83. The Morgan fingerprint density at radius 2 is 2.07 bits per heavy atom. The highest BCUT2D eigenvalue weighted by atomic mass is 16.5. The molecule has 0 spiro atoms. The van der Waals surface area contributed by atoms with Gasteiger partial charge in [0, 0.05) is 31.0 Å². The topological polar surface area (TPSA) is 104 Å². The number of piperidine rings is 1. The predicted molar refractivity (Wildman–Crippen MR) is 112 cm³/mol. The maximum absolute atomic E-state index is 13.0. The lowest BCUT2D eigenvalue weighted by Gasteiger charge is -2.34. The smallest absolute Gasteiger partial charge is 0.312 e. The summed E-state index contributed by atoms with van der Waals surface area (Å²) in [7, 11) is 0. The average molecular weight is 410 g/mol. The summed E-state index contributed by atoms with van der Waals surface area (Å²) >= 11 is 0. The molecule has 0 saturated carbocycles. The molecule has 1 amide bonds. The van der Waals surface area contributed by atoms with Crippen LogP contribution >= 0.6 is 0 Å². The van der Waals surface area contributed by atoms with Gasteiger partial charge in [0.05, 0.1) is 6.17 Å². The predicted octanol–water partition coefficient (Wildman–Crippen LogP) is 3.03. The van der Waals surface area contributed by atoms with E-state index in [9.17, 15) is 14.7 Å². The maximum atomic E-state index is 13.0. The molecule has 8 heteroatoms. The van der Waals surface area contributed by atoms with E-state index in [0.29, 0.717) is 35.8 Å². The first-order valence-corrected chi connectivity index (χ1v) is 10.4. The van der Waals surface area contributed by atoms with Gasteiger partial charge < -0.3 is 20.1 Å². The number of ether oxygens (including phenoxy) is 1. The lowest BCUT2D eigenvalue weighted by Crippen LogP contribution is -2.50. The van der Waals surface area contributed by atoms with Crippen LogP contribution in [0.25, 0.3) is 0 Å². The highest BCUT2D eigenvalue weighted by Crippen LogP contribution is 2.35. The fourth-order valence-corrected chi connectivity index (χ4v) is 4.08. The van der Waals surface area contributed by atoms with Crippen molar-refractivity contribution < 1.29 is 19.4 Å². The molecule has 2 atom stereocenters. The van der Waals surface area contributed by atoms with Crippen LogP contribution in [-0.4, -0.2) is 52.7 Å². The number of carboxylic acids is 1. The Morgan fingerprint density at radius 1 is 1.23 bits per heavy atom. The van der Waals surface area contributed by atoms with E-state index in [4.69, 9.17) is 4.74 Å². The third kappa shape index (κ3) is 4.09. The summed E-state index contributed by atoms with van der Waals surface area (Å²) in [5.74, 6) is -0.592. The molecule has 2 unspecified atom stereocenters. The second kappa shape index (κ2) is 8.71. The van der Waals surface area contributed by atoms with E-state index in [2.05, 4.69) is 15.6 Å². The molecule has 2 aliphatic rings. The van der Waals surface area contributed by atoms with Gasteiger partial charge in [-0.15, -0.1) is 0 Å². The number of nitrogens with zero attached hydrogens (tertiary/aromatic N) is 2. The van der Waals surface area contributed by atoms with Gasteiger partial charge in [0.2, 0.25) is 0 Å². The van der Waals surface area contributed by atoms with Gasteiger partial charge in [-0.1, -0.05) is 0 Å². The molecule has 0 radical (unpaired) electrons. The second-order valence-corrected chi connectivity index (χ2v) is 7.56. The molecule has 3 N–H and O–H groups in total. The average Bonchev–Trinajstić information content (AvgIpc) is 3.19. The number of carbonyl (C=O) groups is 2. The SMILES string of the molecule is CCN(C(=O)c1cc(Oc2ccc3c(c2)C(C(=O)O)CN3)ccn1)C1CCCCN1. The summed E-state index contributed by atoms with van der Waals surface area (Å²) in [4.78, 5) is 30.5. The monoisotopic (exact) mass is 410 g/mol. The Balaban J connectivity index is 1.52. The molecule has 1 saturated heterocycles. The van der Waals surface area contributed by atoms with Crippen molar-refractivity contribution in [1.29, 1.82) is 0 Å². The highest BCUT2D eigenvalue weighted by Gasteiger charge is 2.29. The lowest BCUT2D eigenvalue weighted by atomic mass is 10.0. The Kier molecular flexibility index (Phi) is 5.85. The second-order valence-electron chi connectivity index (χ2n) is 7.56. The maximum Gasteiger partial charge on any atom is 0.312 e. The minimum Gasteiger partial charge on any atom is -0.481 e. The number of fused-ring (bicyclic) bond motifs is 1. The Bertz CT molecular complexity index is 942. The van der Waals surface area contributed by atoms with Crippen LogP contribution in [-0.2, 0) is 4.79 Å². The van der Waals surface area contributed by atoms with Crippen LogP contribution < -0.4 is 15.4 Å². The summed E-state index contributed by atoms with van der Waals surface area (Å²) in [6.07, 6.45) is 4.74. The van der Waals surface area contributed by atoms with E-state index >= 15 is 0 Å². The third-order valence-corrected chi connectivity index (χ3v) is 5.64. The van der Waals surface area contributed by atoms with Crippen molar-refractivity contribution in [3.05, 3.63) is 47.8 Å². The summed E-state index contributed by atoms with van der Waals surface area (Å²) < 4.78 is 5.93. The fraction of sp³-hybridized carbons (Fsp3) is 0.409. The van der Waals surface area contributed by atoms with E-state index in [0.717, 1.165) is 31.5 Å². The number of hydrogen-bond donors (Lipinski definition) is 3. The zero-order chi connectivity index (χ0) is 21.1. The van der Waals surface area contributed by atoms with Gasteiger partial charge in [-0.05, 0) is 62.6 Å². The highest BCUT2D eigenvalue weighted by molar-refractivity contribution is 5.92. The first-order valence-electron chi connectivity index (χ1n) is 10.4. The van der Waals surface area contributed by atoms with E-state index < -0.39 is 11.9 Å². The minimum absolute atomic E-state index is 0.0276. The molecule has 2 aromatic rings. The summed E-state index contributed by atoms with van der Waals surface area (Å²) in [6, 6.07) is 8.65. The van der Waals surface area contributed by atoms with Crippen molar-refractivity contribution >= 4 is 17.6 Å². The largest absolute Gasteiger partial charge is 0.481 e. The van der Waals surface area contributed by atoms with Gasteiger partial charge in [-0.2, -0.15) is 0 Å². The third-order valence-electron chi connectivity index (χ3n) is 5.64. The zero-order valence-electron chi connectivity index (χ0n) is 16.9. The summed E-state index contributed by atoms with van der Waals surface area (Å²) in [6.45, 7) is 3.84. The number of carbonyl (C=O) groups excluding carboxylic acids is 1. The van der Waals surface area contributed by atoms with Crippen molar-refractivity contribution in [3.63, 3.8) is 0 Å². The van der Waals surface area contributed by atoms with Gasteiger partial charge in [-0.25, -0.2) is 0 Å². The molecular formula is C22H26N4O4. The molecular weight excluding hydrogens is 384 g/mol. The number of rotatable bonds is 6. The van der Waals surface area contributed by atoms with Crippen LogP contribution in [0.15, 0.2) is 36.5 Å². The molecule has 1 fully saturated rings. The van der Waals surface area contributed by atoms with Crippen molar-refractivity contribution in [2.45, 2.75) is 38.3 Å². The number of aromatic nitrogens is 1. The molecule has 1 aromatic carbocycles. The number of aliphatic carboxylic acids is 1. The van der Waals surface area contributed by atoms with Crippen molar-refractivity contribution in [3.8, 4) is 11.5 Å². The molecule has 0 bridgehead atoms.